The Kier molecular flexibility index (Phi) is 4.26. The zero-order valence-corrected chi connectivity index (χ0v) is 14.5. The Balaban J connectivity index is 1.26. The van der Waals surface area contributed by atoms with Crippen molar-refractivity contribution >= 4 is 16.9 Å². The highest BCUT2D eigenvalue weighted by molar-refractivity contribution is 5.77. The molecule has 6 nitrogen and oxygen atoms in total. The van der Waals surface area contributed by atoms with E-state index in [0.29, 0.717) is 25.3 Å². The minimum atomic E-state index is 0.0613. The van der Waals surface area contributed by atoms with Crippen LogP contribution < -0.4 is 5.32 Å². The largest absolute Gasteiger partial charge is 0.354 e. The number of aromatic amines is 1. The molecule has 0 aliphatic heterocycles. The summed E-state index contributed by atoms with van der Waals surface area (Å²) in [6.45, 7) is 3.49. The van der Waals surface area contributed by atoms with Gasteiger partial charge in [0.1, 0.15) is 11.6 Å². The highest BCUT2D eigenvalue weighted by Gasteiger charge is 2.28. The first-order valence-electron chi connectivity index (χ1n) is 8.93. The zero-order valence-electron chi connectivity index (χ0n) is 14.5. The lowest BCUT2D eigenvalue weighted by Crippen LogP contribution is -2.28. The maximum atomic E-state index is 12.1. The number of H-pyrrole nitrogens is 1. The van der Waals surface area contributed by atoms with Crippen molar-refractivity contribution in [1.82, 2.24) is 24.8 Å². The highest BCUT2D eigenvalue weighted by atomic mass is 16.1. The van der Waals surface area contributed by atoms with E-state index in [2.05, 4.69) is 31.8 Å². The zero-order chi connectivity index (χ0) is 17.2. The number of carbonyl (C=O) groups is 1. The fourth-order valence-corrected chi connectivity index (χ4v) is 3.19. The number of fused-ring (bicyclic) bond motifs is 1. The van der Waals surface area contributed by atoms with E-state index in [9.17, 15) is 4.79 Å². The molecule has 1 fully saturated rings. The minimum Gasteiger partial charge on any atom is -0.354 e. The van der Waals surface area contributed by atoms with Crippen molar-refractivity contribution in [3.63, 3.8) is 0 Å². The normalized spacial score (nSPS) is 14.1. The Bertz CT molecular complexity index is 857. The number of hydrogen-bond acceptors (Lipinski definition) is 3. The van der Waals surface area contributed by atoms with Crippen LogP contribution >= 0.6 is 0 Å². The number of imidazole rings is 2. The van der Waals surface area contributed by atoms with Gasteiger partial charge in [-0.15, -0.1) is 0 Å². The highest BCUT2D eigenvalue weighted by Crippen LogP contribution is 2.39. The van der Waals surface area contributed by atoms with Gasteiger partial charge in [0.05, 0.1) is 11.0 Å². The van der Waals surface area contributed by atoms with E-state index in [1.54, 1.807) is 0 Å². The van der Waals surface area contributed by atoms with Gasteiger partial charge < -0.3 is 14.9 Å². The Labute approximate surface area is 146 Å². The average Bonchev–Trinajstić information content (AvgIpc) is 3.26. The summed E-state index contributed by atoms with van der Waals surface area (Å²) >= 11 is 0. The van der Waals surface area contributed by atoms with Crippen molar-refractivity contribution in [3.8, 4) is 0 Å². The third-order valence-corrected chi connectivity index (χ3v) is 4.71. The van der Waals surface area contributed by atoms with Gasteiger partial charge in [-0.2, -0.15) is 0 Å². The molecule has 0 spiro atoms. The Morgan fingerprint density at radius 2 is 2.20 bits per heavy atom. The monoisotopic (exact) mass is 337 g/mol. The molecule has 0 bridgehead atoms. The molecule has 1 amide bonds. The molecule has 1 aliphatic rings. The van der Waals surface area contributed by atoms with E-state index >= 15 is 0 Å². The van der Waals surface area contributed by atoms with Crippen LogP contribution in [0.1, 0.15) is 42.5 Å². The van der Waals surface area contributed by atoms with Gasteiger partial charge in [0.2, 0.25) is 5.91 Å². The van der Waals surface area contributed by atoms with Gasteiger partial charge in [-0.3, -0.25) is 4.79 Å². The van der Waals surface area contributed by atoms with Crippen LogP contribution in [0.4, 0.5) is 0 Å². The molecule has 0 unspecified atom stereocenters. The summed E-state index contributed by atoms with van der Waals surface area (Å²) in [5, 5.41) is 3.01. The van der Waals surface area contributed by atoms with Gasteiger partial charge in [0, 0.05) is 43.7 Å². The average molecular weight is 337 g/mol. The van der Waals surface area contributed by atoms with Gasteiger partial charge in [0.15, 0.2) is 0 Å². The summed E-state index contributed by atoms with van der Waals surface area (Å²) in [6, 6.07) is 7.91. The lowest BCUT2D eigenvalue weighted by molar-refractivity contribution is -0.121. The molecule has 3 aromatic rings. The molecule has 130 valence electrons. The summed E-state index contributed by atoms with van der Waals surface area (Å²) in [5.74, 6) is 2.72. The number of para-hydroxylation sites is 2. The second-order valence-corrected chi connectivity index (χ2v) is 6.73. The van der Waals surface area contributed by atoms with Crippen LogP contribution in [0.25, 0.3) is 11.0 Å². The second kappa shape index (κ2) is 6.70. The smallest absolute Gasteiger partial charge is 0.220 e. The summed E-state index contributed by atoms with van der Waals surface area (Å²) in [4.78, 5) is 24.4. The number of rotatable bonds is 7. The summed E-state index contributed by atoms with van der Waals surface area (Å²) in [6.07, 6.45) is 5.47. The first-order valence-corrected chi connectivity index (χ1v) is 8.93. The van der Waals surface area contributed by atoms with E-state index in [1.165, 1.54) is 24.4 Å². The first kappa shape index (κ1) is 15.9. The van der Waals surface area contributed by atoms with Crippen LogP contribution in [0.15, 0.2) is 30.5 Å². The molecule has 2 N–H and O–H groups in total. The Hall–Kier alpha value is -2.63. The lowest BCUT2D eigenvalue weighted by atomic mass is 10.3. The van der Waals surface area contributed by atoms with Gasteiger partial charge in [-0.25, -0.2) is 9.97 Å². The quantitative estimate of drug-likeness (QED) is 0.696. The maximum Gasteiger partial charge on any atom is 0.220 e. The molecule has 0 saturated heterocycles. The summed E-state index contributed by atoms with van der Waals surface area (Å²) in [7, 11) is 0. The van der Waals surface area contributed by atoms with Crippen molar-refractivity contribution in [2.75, 3.05) is 6.54 Å². The van der Waals surface area contributed by atoms with Crippen LogP contribution in [0.2, 0.25) is 0 Å². The van der Waals surface area contributed by atoms with Crippen LogP contribution in [0.3, 0.4) is 0 Å². The van der Waals surface area contributed by atoms with E-state index in [-0.39, 0.29) is 5.91 Å². The van der Waals surface area contributed by atoms with Crippen molar-refractivity contribution in [3.05, 3.63) is 47.8 Å². The van der Waals surface area contributed by atoms with Gasteiger partial charge >= 0.3 is 0 Å². The summed E-state index contributed by atoms with van der Waals surface area (Å²) in [5.41, 5.74) is 3.13. The first-order chi connectivity index (χ1) is 12.2. The Morgan fingerprint density at radius 1 is 1.36 bits per heavy atom. The topological polar surface area (TPSA) is 75.6 Å². The van der Waals surface area contributed by atoms with E-state index in [4.69, 9.17) is 0 Å². The number of aryl methyl sites for hydroxylation is 2. The van der Waals surface area contributed by atoms with Crippen LogP contribution in [-0.4, -0.2) is 32.0 Å². The molecule has 6 heteroatoms. The third-order valence-electron chi connectivity index (χ3n) is 4.71. The molecule has 2 aromatic heterocycles. The second-order valence-electron chi connectivity index (χ2n) is 6.73. The molecular weight excluding hydrogens is 314 g/mol. The molecule has 0 atom stereocenters. The summed E-state index contributed by atoms with van der Waals surface area (Å²) < 4.78 is 2.23. The van der Waals surface area contributed by atoms with Crippen molar-refractivity contribution in [2.24, 2.45) is 0 Å². The minimum absolute atomic E-state index is 0.0613. The van der Waals surface area contributed by atoms with Crippen molar-refractivity contribution in [1.29, 1.82) is 0 Å². The SMILES string of the molecule is Cc1cnc(C2CC2)n1CCNC(=O)CCc1nc2ccccc2[nH]1. The molecule has 2 heterocycles. The molecule has 1 aliphatic carbocycles. The number of amides is 1. The van der Waals surface area contributed by atoms with Crippen LogP contribution in [0, 0.1) is 6.92 Å². The number of aromatic nitrogens is 4. The van der Waals surface area contributed by atoms with Crippen molar-refractivity contribution < 1.29 is 4.79 Å². The fraction of sp³-hybridized carbons (Fsp3) is 0.421. The van der Waals surface area contributed by atoms with E-state index in [1.807, 2.05) is 30.5 Å². The number of carbonyl (C=O) groups excluding carboxylic acids is 1. The maximum absolute atomic E-state index is 12.1. The number of nitrogens with zero attached hydrogens (tertiary/aromatic N) is 3. The predicted molar refractivity (Wildman–Crippen MR) is 96.4 cm³/mol. The molecule has 25 heavy (non-hydrogen) atoms. The van der Waals surface area contributed by atoms with Crippen molar-refractivity contribution in [2.45, 2.75) is 45.1 Å². The van der Waals surface area contributed by atoms with Gasteiger partial charge in [0.25, 0.3) is 0 Å². The number of benzene rings is 1. The van der Waals surface area contributed by atoms with Crippen LogP contribution in [0.5, 0.6) is 0 Å². The molecular formula is C19H23N5O. The predicted octanol–water partition coefficient (Wildman–Crippen LogP) is 2.69. The van der Waals surface area contributed by atoms with E-state index < -0.39 is 0 Å². The number of nitrogens with one attached hydrogen (secondary N) is 2. The molecule has 0 radical (unpaired) electrons. The van der Waals surface area contributed by atoms with Crippen LogP contribution in [-0.2, 0) is 17.8 Å². The Morgan fingerprint density at radius 3 is 3.00 bits per heavy atom. The molecule has 4 rings (SSSR count). The molecule has 1 aromatic carbocycles. The van der Waals surface area contributed by atoms with E-state index in [0.717, 1.165) is 23.4 Å². The lowest BCUT2D eigenvalue weighted by Gasteiger charge is -2.10. The third kappa shape index (κ3) is 3.57. The van der Waals surface area contributed by atoms with Gasteiger partial charge in [-0.05, 0) is 31.9 Å². The standard InChI is InChI=1S/C19H23N5O/c1-13-12-21-19(14-6-7-14)24(13)11-10-20-18(25)9-8-17-22-15-4-2-3-5-16(15)23-17/h2-5,12,14H,6-11H2,1H3,(H,20,25)(H,22,23). The fourth-order valence-electron chi connectivity index (χ4n) is 3.19. The number of hydrogen-bond donors (Lipinski definition) is 2. The van der Waals surface area contributed by atoms with Gasteiger partial charge in [-0.1, -0.05) is 12.1 Å². The molecule has 1 saturated carbocycles.